The molecule has 1 aliphatic rings. The first kappa shape index (κ1) is 14.9. The summed E-state index contributed by atoms with van der Waals surface area (Å²) in [7, 11) is 0. The second-order valence-corrected chi connectivity index (χ2v) is 5.62. The van der Waals surface area contributed by atoms with Crippen LogP contribution in [0.15, 0.2) is 18.2 Å². The lowest BCUT2D eigenvalue weighted by Crippen LogP contribution is -2.40. The van der Waals surface area contributed by atoms with Crippen LogP contribution in [0.3, 0.4) is 0 Å². The summed E-state index contributed by atoms with van der Waals surface area (Å²) >= 11 is 11.7. The fraction of sp³-hybridized carbons (Fsp3) is 0.385. The number of nitrogens with zero attached hydrogens (tertiary/aromatic N) is 1. The largest absolute Gasteiger partial charge is 0.480 e. The van der Waals surface area contributed by atoms with Crippen molar-refractivity contribution in [2.75, 3.05) is 18.4 Å². The van der Waals surface area contributed by atoms with Gasteiger partial charge >= 0.3 is 12.0 Å². The molecule has 2 N–H and O–H groups in total. The molecule has 0 unspecified atom stereocenters. The topological polar surface area (TPSA) is 69.6 Å². The van der Waals surface area contributed by atoms with Crippen molar-refractivity contribution in [1.29, 1.82) is 0 Å². The number of aliphatic carboxylic acids is 1. The monoisotopic (exact) mass is 316 g/mol. The number of carboxylic acids is 1. The van der Waals surface area contributed by atoms with Crippen LogP contribution >= 0.6 is 23.2 Å². The minimum absolute atomic E-state index is 0.313. The first-order valence-corrected chi connectivity index (χ1v) is 6.94. The highest BCUT2D eigenvalue weighted by molar-refractivity contribution is 6.36. The van der Waals surface area contributed by atoms with Crippen molar-refractivity contribution in [1.82, 2.24) is 4.90 Å². The zero-order valence-electron chi connectivity index (χ0n) is 10.6. The lowest BCUT2D eigenvalue weighted by Gasteiger charge is -2.21. The average molecular weight is 317 g/mol. The number of nitrogens with one attached hydrogen (secondary N) is 1. The van der Waals surface area contributed by atoms with Crippen molar-refractivity contribution in [3.63, 3.8) is 0 Å². The second kappa shape index (κ2) is 6.33. The summed E-state index contributed by atoms with van der Waals surface area (Å²) in [4.78, 5) is 24.2. The number of rotatable bonds is 5. The molecule has 1 aliphatic carbocycles. The predicted octanol–water partition coefficient (Wildman–Crippen LogP) is 3.32. The summed E-state index contributed by atoms with van der Waals surface area (Å²) in [6, 6.07) is 4.23. The number of amides is 2. The lowest BCUT2D eigenvalue weighted by molar-refractivity contribution is -0.137. The average Bonchev–Trinajstić information content (AvgIpc) is 3.15. The molecule has 0 radical (unpaired) electrons. The molecule has 0 bridgehead atoms. The van der Waals surface area contributed by atoms with Crippen molar-refractivity contribution in [2.45, 2.75) is 12.8 Å². The van der Waals surface area contributed by atoms with Gasteiger partial charge in [-0.05, 0) is 37.0 Å². The van der Waals surface area contributed by atoms with Crippen LogP contribution in [0.2, 0.25) is 10.0 Å². The molecular formula is C13H14Cl2N2O3. The Bertz CT molecular complexity index is 532. The Morgan fingerprint density at radius 3 is 2.60 bits per heavy atom. The SMILES string of the molecule is O=C(O)CN(CC1CC1)C(=O)Nc1ccc(Cl)cc1Cl. The molecule has 0 spiro atoms. The van der Waals surface area contributed by atoms with Crippen LogP contribution in [0.5, 0.6) is 0 Å². The standard InChI is InChI=1S/C13H14Cl2N2O3/c14-9-3-4-11(10(15)5-9)16-13(20)17(7-12(18)19)6-8-1-2-8/h3-5,8H,1-2,6-7H2,(H,16,20)(H,18,19). The van der Waals surface area contributed by atoms with Crippen molar-refractivity contribution >= 4 is 40.9 Å². The van der Waals surface area contributed by atoms with E-state index in [9.17, 15) is 9.59 Å². The number of hydrogen-bond donors (Lipinski definition) is 2. The van der Waals surface area contributed by atoms with Gasteiger partial charge in [-0.2, -0.15) is 0 Å². The van der Waals surface area contributed by atoms with Crippen LogP contribution in [0.25, 0.3) is 0 Å². The van der Waals surface area contributed by atoms with E-state index in [0.717, 1.165) is 12.8 Å². The molecule has 2 rings (SSSR count). The van der Waals surface area contributed by atoms with Crippen LogP contribution in [0.4, 0.5) is 10.5 Å². The number of anilines is 1. The second-order valence-electron chi connectivity index (χ2n) is 4.77. The van der Waals surface area contributed by atoms with Crippen LogP contribution in [0.1, 0.15) is 12.8 Å². The Labute approximate surface area is 126 Å². The molecule has 1 fully saturated rings. The molecular weight excluding hydrogens is 303 g/mol. The molecule has 0 heterocycles. The Kier molecular flexibility index (Phi) is 4.73. The molecule has 5 nitrogen and oxygen atoms in total. The summed E-state index contributed by atoms with van der Waals surface area (Å²) in [5.74, 6) is -0.635. The van der Waals surface area contributed by atoms with Gasteiger partial charge in [0.2, 0.25) is 0 Å². The molecule has 1 aromatic carbocycles. The number of carbonyl (C=O) groups is 2. The van der Waals surface area contributed by atoms with Crippen LogP contribution in [0, 0.1) is 5.92 Å². The van der Waals surface area contributed by atoms with Gasteiger partial charge in [0.05, 0.1) is 10.7 Å². The van der Waals surface area contributed by atoms with Gasteiger partial charge in [-0.3, -0.25) is 4.79 Å². The van der Waals surface area contributed by atoms with Gasteiger partial charge in [0.1, 0.15) is 6.54 Å². The zero-order valence-corrected chi connectivity index (χ0v) is 12.1. The molecule has 0 saturated heterocycles. The highest BCUT2D eigenvalue weighted by Crippen LogP contribution is 2.30. The summed E-state index contributed by atoms with van der Waals surface area (Å²) in [6.07, 6.45) is 2.07. The molecule has 0 aliphatic heterocycles. The molecule has 7 heteroatoms. The van der Waals surface area contributed by atoms with E-state index in [2.05, 4.69) is 5.32 Å². The van der Waals surface area contributed by atoms with Gasteiger partial charge in [-0.15, -0.1) is 0 Å². The Hall–Kier alpha value is -1.46. The Morgan fingerprint density at radius 1 is 1.35 bits per heavy atom. The van der Waals surface area contributed by atoms with Gasteiger partial charge in [-0.25, -0.2) is 4.79 Å². The third-order valence-electron chi connectivity index (χ3n) is 2.96. The van der Waals surface area contributed by atoms with Crippen molar-refractivity contribution in [3.8, 4) is 0 Å². The minimum atomic E-state index is -1.04. The minimum Gasteiger partial charge on any atom is -0.480 e. The number of urea groups is 1. The summed E-state index contributed by atoms with van der Waals surface area (Å²) < 4.78 is 0. The summed E-state index contributed by atoms with van der Waals surface area (Å²) in [6.45, 7) is 0.122. The predicted molar refractivity (Wildman–Crippen MR) is 77.4 cm³/mol. The quantitative estimate of drug-likeness (QED) is 0.875. The van der Waals surface area contributed by atoms with Gasteiger partial charge < -0.3 is 15.3 Å². The van der Waals surface area contributed by atoms with E-state index >= 15 is 0 Å². The maximum Gasteiger partial charge on any atom is 0.323 e. The van der Waals surface area contributed by atoms with Crippen molar-refractivity contribution in [3.05, 3.63) is 28.2 Å². The molecule has 1 aromatic rings. The van der Waals surface area contributed by atoms with E-state index in [0.29, 0.717) is 28.2 Å². The fourth-order valence-corrected chi connectivity index (χ4v) is 2.24. The zero-order chi connectivity index (χ0) is 14.7. The molecule has 2 amide bonds. The Balaban J connectivity index is 2.04. The first-order valence-electron chi connectivity index (χ1n) is 6.18. The van der Waals surface area contributed by atoms with E-state index < -0.39 is 12.0 Å². The van der Waals surface area contributed by atoms with E-state index in [1.165, 1.54) is 11.0 Å². The smallest absolute Gasteiger partial charge is 0.323 e. The Morgan fingerprint density at radius 2 is 2.05 bits per heavy atom. The number of carboxylic acid groups (broad SMARTS) is 1. The number of halogens is 2. The van der Waals surface area contributed by atoms with Crippen LogP contribution in [-0.2, 0) is 4.79 Å². The van der Waals surface area contributed by atoms with E-state index in [4.69, 9.17) is 28.3 Å². The third kappa shape index (κ3) is 4.28. The van der Waals surface area contributed by atoms with Crippen molar-refractivity contribution < 1.29 is 14.7 Å². The summed E-state index contributed by atoms with van der Waals surface area (Å²) in [5, 5.41) is 12.2. The maximum atomic E-state index is 12.1. The van der Waals surface area contributed by atoms with E-state index in [-0.39, 0.29) is 6.54 Å². The lowest BCUT2D eigenvalue weighted by atomic mass is 10.3. The normalized spacial score (nSPS) is 13.9. The van der Waals surface area contributed by atoms with Gasteiger partial charge in [0.25, 0.3) is 0 Å². The van der Waals surface area contributed by atoms with E-state index in [1.54, 1.807) is 12.1 Å². The fourth-order valence-electron chi connectivity index (χ4n) is 1.78. The highest BCUT2D eigenvalue weighted by Gasteiger charge is 2.28. The molecule has 108 valence electrons. The number of hydrogen-bond acceptors (Lipinski definition) is 2. The molecule has 20 heavy (non-hydrogen) atoms. The maximum absolute atomic E-state index is 12.1. The summed E-state index contributed by atoms with van der Waals surface area (Å²) in [5.41, 5.74) is 0.409. The van der Waals surface area contributed by atoms with Crippen LogP contribution < -0.4 is 5.32 Å². The molecule has 0 atom stereocenters. The van der Waals surface area contributed by atoms with Gasteiger partial charge in [0.15, 0.2) is 0 Å². The number of benzene rings is 1. The van der Waals surface area contributed by atoms with Gasteiger partial charge in [0, 0.05) is 11.6 Å². The van der Waals surface area contributed by atoms with Crippen molar-refractivity contribution in [2.24, 2.45) is 5.92 Å². The highest BCUT2D eigenvalue weighted by atomic mass is 35.5. The van der Waals surface area contributed by atoms with E-state index in [1.807, 2.05) is 0 Å². The molecule has 1 saturated carbocycles. The van der Waals surface area contributed by atoms with Crippen LogP contribution in [-0.4, -0.2) is 35.1 Å². The van der Waals surface area contributed by atoms with Gasteiger partial charge in [-0.1, -0.05) is 23.2 Å². The number of carbonyl (C=O) groups excluding carboxylic acids is 1. The molecule has 0 aromatic heterocycles. The first-order chi connectivity index (χ1) is 9.45. The third-order valence-corrected chi connectivity index (χ3v) is 3.51.